The number of aromatic nitrogens is 3. The first-order valence-corrected chi connectivity index (χ1v) is 15.5. The summed E-state index contributed by atoms with van der Waals surface area (Å²) < 4.78 is 5.64. The average Bonchev–Trinajstić information content (AvgIpc) is 3.41. The molecule has 4 heterocycles. The number of ether oxygens (including phenoxy) is 1. The van der Waals surface area contributed by atoms with Gasteiger partial charge in [-0.25, -0.2) is 14.8 Å². The number of aromatic amines is 1. The Morgan fingerprint density at radius 3 is 2.47 bits per heavy atom. The lowest BCUT2D eigenvalue weighted by molar-refractivity contribution is -0.130. The van der Waals surface area contributed by atoms with Gasteiger partial charge in [-0.15, -0.1) is 0 Å². The van der Waals surface area contributed by atoms with Gasteiger partial charge in [-0.05, 0) is 63.8 Å². The molecule has 0 spiro atoms. The highest BCUT2D eigenvalue weighted by molar-refractivity contribution is 6.30. The smallest absolute Gasteiger partial charge is 0.408 e. The Balaban J connectivity index is 1.26. The number of H-pyrrole nitrogens is 1. The lowest BCUT2D eigenvalue weighted by Gasteiger charge is -2.42. The van der Waals surface area contributed by atoms with Gasteiger partial charge in [-0.3, -0.25) is 4.79 Å². The van der Waals surface area contributed by atoms with Crippen LogP contribution in [0.2, 0.25) is 5.02 Å². The molecule has 1 aliphatic carbocycles. The van der Waals surface area contributed by atoms with Crippen LogP contribution in [-0.2, 0) is 15.1 Å². The fraction of sp³-hybridized carbons (Fsp3) is 0.548. The monoisotopic (exact) mass is 608 g/mol. The van der Waals surface area contributed by atoms with Crippen LogP contribution in [0.1, 0.15) is 45.6 Å². The van der Waals surface area contributed by atoms with E-state index in [9.17, 15) is 9.59 Å². The van der Waals surface area contributed by atoms with Gasteiger partial charge in [0.15, 0.2) is 0 Å². The molecule has 3 fully saturated rings. The molecule has 0 radical (unpaired) electrons. The van der Waals surface area contributed by atoms with E-state index in [1.807, 2.05) is 57.3 Å². The van der Waals surface area contributed by atoms with Crippen molar-refractivity contribution >= 4 is 40.5 Å². The molecule has 11 nitrogen and oxygen atoms in total. The Hall–Kier alpha value is -3.41. The van der Waals surface area contributed by atoms with Crippen molar-refractivity contribution in [2.24, 2.45) is 5.92 Å². The Bertz CT molecular complexity index is 1460. The van der Waals surface area contributed by atoms with Gasteiger partial charge in [0.05, 0.1) is 10.9 Å². The lowest BCUT2D eigenvalue weighted by Crippen LogP contribution is -2.65. The van der Waals surface area contributed by atoms with Crippen LogP contribution in [0, 0.1) is 5.92 Å². The van der Waals surface area contributed by atoms with Crippen molar-refractivity contribution in [2.75, 3.05) is 50.7 Å². The zero-order chi connectivity index (χ0) is 30.2. The molecular formula is C31H41ClN8O3. The second kappa shape index (κ2) is 11.6. The maximum atomic E-state index is 14.5. The molecule has 2 atom stereocenters. The van der Waals surface area contributed by atoms with Crippen molar-refractivity contribution in [1.29, 1.82) is 0 Å². The SMILES string of the molecule is CC(C)(C)OC(=O)NC1(C(=O)NC2(c3ccc(Cl)cc3)CC2CN2CCNCC2)CCN(c2ncnc3[nH]ccc23)CC1. The standard InChI is InChI=1S/C31H41ClN8O3/c1-29(2,3)43-28(42)38-30(9-14-40(15-10-30)26-24-8-11-34-25(24)35-20-36-26)27(41)37-31(21-4-6-23(32)7-5-21)18-22(31)19-39-16-12-33-13-17-39/h4-8,11,20,22,33H,9-10,12-19H2,1-3H3,(H,37,41)(H,38,42)(H,34,35,36). The number of carbonyl (C=O) groups excluding carboxylic acids is 2. The molecule has 0 bridgehead atoms. The molecule has 2 saturated heterocycles. The third kappa shape index (κ3) is 6.30. The van der Waals surface area contributed by atoms with Gasteiger partial charge in [0.25, 0.3) is 0 Å². The van der Waals surface area contributed by atoms with Gasteiger partial charge < -0.3 is 35.5 Å². The summed E-state index contributed by atoms with van der Waals surface area (Å²) in [6.07, 6.45) is 4.41. The van der Waals surface area contributed by atoms with E-state index >= 15 is 0 Å². The van der Waals surface area contributed by atoms with Crippen molar-refractivity contribution < 1.29 is 14.3 Å². The van der Waals surface area contributed by atoms with E-state index in [0.717, 1.165) is 61.6 Å². The summed E-state index contributed by atoms with van der Waals surface area (Å²) in [4.78, 5) is 44.3. The molecule has 4 N–H and O–H groups in total. The first-order valence-electron chi connectivity index (χ1n) is 15.1. The molecule has 1 aromatic carbocycles. The van der Waals surface area contributed by atoms with E-state index < -0.39 is 22.8 Å². The van der Waals surface area contributed by atoms with Crippen molar-refractivity contribution in [3.05, 3.63) is 53.4 Å². The Morgan fingerprint density at radius 1 is 1.05 bits per heavy atom. The van der Waals surface area contributed by atoms with Crippen LogP contribution in [-0.4, -0.2) is 88.8 Å². The largest absolute Gasteiger partial charge is 0.444 e. The maximum absolute atomic E-state index is 14.5. The van der Waals surface area contributed by atoms with E-state index in [4.69, 9.17) is 16.3 Å². The predicted molar refractivity (Wildman–Crippen MR) is 166 cm³/mol. The number of hydrogen-bond donors (Lipinski definition) is 4. The minimum Gasteiger partial charge on any atom is -0.444 e. The molecule has 1 saturated carbocycles. The van der Waals surface area contributed by atoms with Crippen LogP contribution in [0.25, 0.3) is 11.0 Å². The number of fused-ring (bicyclic) bond motifs is 1. The molecule has 2 aliphatic heterocycles. The first-order chi connectivity index (χ1) is 20.6. The van der Waals surface area contributed by atoms with Crippen LogP contribution >= 0.6 is 11.6 Å². The number of alkyl carbamates (subject to hydrolysis) is 1. The third-order valence-electron chi connectivity index (χ3n) is 8.91. The van der Waals surface area contributed by atoms with E-state index in [1.165, 1.54) is 0 Å². The molecule has 6 rings (SSSR count). The average molecular weight is 609 g/mol. The summed E-state index contributed by atoms with van der Waals surface area (Å²) in [5.41, 5.74) is -0.577. The van der Waals surface area contributed by atoms with Gasteiger partial charge in [0.2, 0.25) is 5.91 Å². The quantitative estimate of drug-likeness (QED) is 0.321. The second-order valence-corrected chi connectivity index (χ2v) is 13.5. The van der Waals surface area contributed by atoms with E-state index in [2.05, 4.69) is 40.7 Å². The van der Waals surface area contributed by atoms with E-state index in [1.54, 1.807) is 6.33 Å². The number of piperidine rings is 1. The number of carbonyl (C=O) groups is 2. The minimum absolute atomic E-state index is 0.190. The number of nitrogens with one attached hydrogen (secondary N) is 4. The highest BCUT2D eigenvalue weighted by Gasteiger charge is 2.59. The van der Waals surface area contributed by atoms with Crippen molar-refractivity contribution in [2.45, 2.75) is 56.7 Å². The zero-order valence-corrected chi connectivity index (χ0v) is 25.8. The number of amides is 2. The maximum Gasteiger partial charge on any atom is 0.408 e. The molecule has 3 aromatic rings. The van der Waals surface area contributed by atoms with E-state index in [0.29, 0.717) is 31.0 Å². The van der Waals surface area contributed by atoms with Gasteiger partial charge in [-0.1, -0.05) is 23.7 Å². The molecule has 2 amide bonds. The Morgan fingerprint density at radius 2 is 1.77 bits per heavy atom. The summed E-state index contributed by atoms with van der Waals surface area (Å²) >= 11 is 6.25. The van der Waals surface area contributed by atoms with Crippen LogP contribution in [0.5, 0.6) is 0 Å². The van der Waals surface area contributed by atoms with Crippen molar-refractivity contribution in [3.8, 4) is 0 Å². The third-order valence-corrected chi connectivity index (χ3v) is 9.17. The number of piperazine rings is 1. The summed E-state index contributed by atoms with van der Waals surface area (Å²) in [7, 11) is 0. The predicted octanol–water partition coefficient (Wildman–Crippen LogP) is 3.41. The van der Waals surface area contributed by atoms with E-state index in [-0.39, 0.29) is 11.8 Å². The molecule has 2 aromatic heterocycles. The number of rotatable bonds is 7. The fourth-order valence-electron chi connectivity index (χ4n) is 6.52. The highest BCUT2D eigenvalue weighted by atomic mass is 35.5. The molecule has 3 aliphatic rings. The normalized spacial score (nSPS) is 24.0. The number of benzene rings is 1. The zero-order valence-electron chi connectivity index (χ0n) is 25.1. The Kier molecular flexibility index (Phi) is 7.99. The Labute approximate surface area is 257 Å². The fourth-order valence-corrected chi connectivity index (χ4v) is 6.65. The molecule has 12 heteroatoms. The van der Waals surface area contributed by atoms with Gasteiger partial charge in [-0.2, -0.15) is 0 Å². The van der Waals surface area contributed by atoms with Crippen LogP contribution in [0.15, 0.2) is 42.9 Å². The number of nitrogens with zero attached hydrogens (tertiary/aromatic N) is 4. The summed E-state index contributed by atoms with van der Waals surface area (Å²) in [5, 5.41) is 11.5. The molecule has 230 valence electrons. The van der Waals surface area contributed by atoms with Crippen LogP contribution < -0.4 is 20.9 Å². The number of hydrogen-bond acceptors (Lipinski definition) is 8. The molecule has 43 heavy (non-hydrogen) atoms. The molecule has 2 unspecified atom stereocenters. The topological polar surface area (TPSA) is 128 Å². The van der Waals surface area contributed by atoms with Crippen molar-refractivity contribution in [1.82, 2.24) is 35.8 Å². The van der Waals surface area contributed by atoms with Crippen LogP contribution in [0.4, 0.5) is 10.6 Å². The lowest BCUT2D eigenvalue weighted by atomic mass is 9.85. The van der Waals surface area contributed by atoms with Crippen molar-refractivity contribution in [3.63, 3.8) is 0 Å². The first kappa shape index (κ1) is 29.7. The van der Waals surface area contributed by atoms with Gasteiger partial charge in [0, 0.05) is 63.0 Å². The number of halogens is 1. The number of anilines is 1. The second-order valence-electron chi connectivity index (χ2n) is 13.0. The van der Waals surface area contributed by atoms with Gasteiger partial charge >= 0.3 is 6.09 Å². The molecular weight excluding hydrogens is 568 g/mol. The minimum atomic E-state index is -1.15. The summed E-state index contributed by atoms with van der Waals surface area (Å²) in [6, 6.07) is 9.73. The van der Waals surface area contributed by atoms with Gasteiger partial charge in [0.1, 0.15) is 28.9 Å². The summed E-state index contributed by atoms with van der Waals surface area (Å²) in [5.74, 6) is 0.871. The van der Waals surface area contributed by atoms with Crippen LogP contribution in [0.3, 0.4) is 0 Å². The highest BCUT2D eigenvalue weighted by Crippen LogP contribution is 2.53. The summed E-state index contributed by atoms with van der Waals surface area (Å²) in [6.45, 7) is 11.3.